The lowest BCUT2D eigenvalue weighted by Crippen LogP contribution is -2.26. The van der Waals surface area contributed by atoms with Crippen molar-refractivity contribution in [3.8, 4) is 0 Å². The fourth-order valence-electron chi connectivity index (χ4n) is 2.52. The topological polar surface area (TPSA) is 64.0 Å². The molecule has 3 aromatic rings. The molecule has 28 heavy (non-hydrogen) atoms. The van der Waals surface area contributed by atoms with Gasteiger partial charge < -0.3 is 5.32 Å². The van der Waals surface area contributed by atoms with E-state index in [1.807, 2.05) is 31.2 Å². The third-order valence-electron chi connectivity index (χ3n) is 4.00. The van der Waals surface area contributed by atoms with Gasteiger partial charge in [-0.3, -0.25) is 9.59 Å². The molecule has 0 aliphatic heterocycles. The second-order valence-corrected chi connectivity index (χ2v) is 6.23. The Kier molecular flexibility index (Phi) is 5.30. The number of amides is 1. The summed E-state index contributed by atoms with van der Waals surface area (Å²) in [5.74, 6) is -0.711. The molecule has 0 saturated heterocycles. The summed E-state index contributed by atoms with van der Waals surface area (Å²) in [5, 5.41) is 6.40. The summed E-state index contributed by atoms with van der Waals surface area (Å²) in [4.78, 5) is 24.4. The highest BCUT2D eigenvalue weighted by atomic mass is 19.4. The highest BCUT2D eigenvalue weighted by molar-refractivity contribution is 6.02. The van der Waals surface area contributed by atoms with Crippen LogP contribution in [0.2, 0.25) is 0 Å². The standard InChI is InChI=1S/C20H16F3N3O2/c1-13-5-7-14(8-6-13)12-26-18(27)10-9-17(25-26)19(28)24-16-4-2-3-15(11-16)20(21,22)23/h2-11H,12H2,1H3,(H,24,28). The van der Waals surface area contributed by atoms with Gasteiger partial charge in [0.1, 0.15) is 5.69 Å². The van der Waals surface area contributed by atoms with E-state index in [4.69, 9.17) is 0 Å². The Balaban J connectivity index is 1.81. The molecule has 0 atom stereocenters. The van der Waals surface area contributed by atoms with E-state index in [2.05, 4.69) is 10.4 Å². The fourth-order valence-corrected chi connectivity index (χ4v) is 2.52. The molecule has 0 fully saturated rings. The van der Waals surface area contributed by atoms with Crippen LogP contribution in [0.5, 0.6) is 0 Å². The summed E-state index contributed by atoms with van der Waals surface area (Å²) < 4.78 is 39.5. The van der Waals surface area contributed by atoms with E-state index in [0.717, 1.165) is 27.9 Å². The van der Waals surface area contributed by atoms with E-state index in [1.165, 1.54) is 24.3 Å². The van der Waals surface area contributed by atoms with Gasteiger partial charge in [0.25, 0.3) is 11.5 Å². The summed E-state index contributed by atoms with van der Waals surface area (Å²) in [6.45, 7) is 2.11. The van der Waals surface area contributed by atoms with Crippen LogP contribution >= 0.6 is 0 Å². The van der Waals surface area contributed by atoms with Gasteiger partial charge in [-0.2, -0.15) is 18.3 Å². The number of nitrogens with zero attached hydrogens (tertiary/aromatic N) is 2. The molecule has 0 spiro atoms. The zero-order valence-electron chi connectivity index (χ0n) is 14.8. The van der Waals surface area contributed by atoms with Gasteiger partial charge >= 0.3 is 6.18 Å². The first kappa shape index (κ1) is 19.3. The molecule has 5 nitrogen and oxygen atoms in total. The van der Waals surface area contributed by atoms with Crippen molar-refractivity contribution >= 4 is 11.6 Å². The lowest BCUT2D eigenvalue weighted by molar-refractivity contribution is -0.137. The lowest BCUT2D eigenvalue weighted by Gasteiger charge is -2.10. The Labute approximate surface area is 158 Å². The molecular formula is C20H16F3N3O2. The maximum absolute atomic E-state index is 12.8. The Morgan fingerprint density at radius 1 is 1.07 bits per heavy atom. The van der Waals surface area contributed by atoms with E-state index in [0.29, 0.717) is 0 Å². The number of aryl methyl sites for hydroxylation is 1. The molecule has 1 heterocycles. The van der Waals surface area contributed by atoms with Gasteiger partial charge in [0.2, 0.25) is 0 Å². The Morgan fingerprint density at radius 3 is 2.46 bits per heavy atom. The van der Waals surface area contributed by atoms with Crippen LogP contribution in [0, 0.1) is 6.92 Å². The first-order valence-corrected chi connectivity index (χ1v) is 8.35. The normalized spacial score (nSPS) is 11.3. The van der Waals surface area contributed by atoms with Crippen molar-refractivity contribution < 1.29 is 18.0 Å². The van der Waals surface area contributed by atoms with Gasteiger partial charge in [0, 0.05) is 11.8 Å². The number of nitrogens with one attached hydrogen (secondary N) is 1. The number of aromatic nitrogens is 2. The van der Waals surface area contributed by atoms with Crippen LogP contribution in [-0.4, -0.2) is 15.7 Å². The summed E-state index contributed by atoms with van der Waals surface area (Å²) in [6, 6.07) is 14.2. The number of carbonyl (C=O) groups is 1. The van der Waals surface area contributed by atoms with Crippen LogP contribution in [0.1, 0.15) is 27.2 Å². The van der Waals surface area contributed by atoms with Gasteiger partial charge in [0.05, 0.1) is 12.1 Å². The predicted octanol–water partition coefficient (Wildman–Crippen LogP) is 3.87. The van der Waals surface area contributed by atoms with Crippen LogP contribution in [0.4, 0.5) is 18.9 Å². The molecule has 8 heteroatoms. The predicted molar refractivity (Wildman–Crippen MR) is 98.2 cm³/mol. The Hall–Kier alpha value is -3.42. The van der Waals surface area contributed by atoms with Crippen LogP contribution < -0.4 is 10.9 Å². The second-order valence-electron chi connectivity index (χ2n) is 6.23. The summed E-state index contributed by atoms with van der Waals surface area (Å²) in [6.07, 6.45) is -4.51. The minimum absolute atomic E-state index is 0.0158. The number of hydrogen-bond acceptors (Lipinski definition) is 3. The molecule has 0 saturated carbocycles. The smallest absolute Gasteiger partial charge is 0.321 e. The highest BCUT2D eigenvalue weighted by Crippen LogP contribution is 2.30. The van der Waals surface area contributed by atoms with Crippen molar-refractivity contribution in [1.29, 1.82) is 0 Å². The highest BCUT2D eigenvalue weighted by Gasteiger charge is 2.30. The first-order valence-electron chi connectivity index (χ1n) is 8.35. The van der Waals surface area contributed by atoms with Crippen molar-refractivity contribution in [3.05, 3.63) is 93.4 Å². The van der Waals surface area contributed by atoms with Gasteiger partial charge in [-0.25, -0.2) is 4.68 Å². The number of halogens is 3. The zero-order valence-corrected chi connectivity index (χ0v) is 14.8. The average Bonchev–Trinajstić information content (AvgIpc) is 2.65. The first-order chi connectivity index (χ1) is 13.2. The average molecular weight is 387 g/mol. The van der Waals surface area contributed by atoms with Crippen LogP contribution in [0.25, 0.3) is 0 Å². The molecule has 3 rings (SSSR count). The molecule has 1 amide bonds. The number of anilines is 1. The summed E-state index contributed by atoms with van der Waals surface area (Å²) >= 11 is 0. The number of hydrogen-bond donors (Lipinski definition) is 1. The van der Waals surface area contributed by atoms with Crippen LogP contribution in [0.3, 0.4) is 0 Å². The van der Waals surface area contributed by atoms with Gasteiger partial charge in [0.15, 0.2) is 0 Å². The van der Waals surface area contributed by atoms with Gasteiger partial charge in [-0.05, 0) is 36.8 Å². The zero-order chi connectivity index (χ0) is 20.3. The molecule has 1 N–H and O–H groups in total. The van der Waals surface area contributed by atoms with E-state index in [-0.39, 0.29) is 17.9 Å². The number of carbonyl (C=O) groups excluding carboxylic acids is 1. The molecule has 0 bridgehead atoms. The molecule has 144 valence electrons. The summed E-state index contributed by atoms with van der Waals surface area (Å²) in [7, 11) is 0. The van der Waals surface area contributed by atoms with Crippen molar-refractivity contribution in [1.82, 2.24) is 9.78 Å². The Morgan fingerprint density at radius 2 is 1.79 bits per heavy atom. The molecule has 1 aromatic heterocycles. The number of rotatable bonds is 4. The summed E-state index contributed by atoms with van der Waals surface area (Å²) in [5.41, 5.74) is 0.537. The Bertz CT molecular complexity index is 1060. The monoisotopic (exact) mass is 387 g/mol. The van der Waals surface area contributed by atoms with Gasteiger partial charge in [-0.1, -0.05) is 35.9 Å². The van der Waals surface area contributed by atoms with Crippen LogP contribution in [-0.2, 0) is 12.7 Å². The van der Waals surface area contributed by atoms with E-state index < -0.39 is 23.2 Å². The van der Waals surface area contributed by atoms with E-state index in [1.54, 1.807) is 0 Å². The molecule has 0 unspecified atom stereocenters. The molecule has 2 aromatic carbocycles. The van der Waals surface area contributed by atoms with Crippen molar-refractivity contribution in [2.24, 2.45) is 0 Å². The third-order valence-corrected chi connectivity index (χ3v) is 4.00. The quantitative estimate of drug-likeness (QED) is 0.739. The van der Waals surface area contributed by atoms with Crippen molar-refractivity contribution in [3.63, 3.8) is 0 Å². The van der Waals surface area contributed by atoms with E-state index in [9.17, 15) is 22.8 Å². The molecule has 0 radical (unpaired) electrons. The SMILES string of the molecule is Cc1ccc(Cn2nc(C(=O)Nc3cccc(C(F)(F)F)c3)ccc2=O)cc1. The fraction of sp³-hybridized carbons (Fsp3) is 0.150. The molecule has 0 aliphatic rings. The van der Waals surface area contributed by atoms with Crippen molar-refractivity contribution in [2.75, 3.05) is 5.32 Å². The van der Waals surface area contributed by atoms with Crippen LogP contribution in [0.15, 0.2) is 65.5 Å². The molecular weight excluding hydrogens is 371 g/mol. The van der Waals surface area contributed by atoms with Gasteiger partial charge in [-0.15, -0.1) is 0 Å². The number of alkyl halides is 3. The number of benzene rings is 2. The maximum atomic E-state index is 12.8. The van der Waals surface area contributed by atoms with E-state index >= 15 is 0 Å². The lowest BCUT2D eigenvalue weighted by atomic mass is 10.1. The second kappa shape index (κ2) is 7.67. The largest absolute Gasteiger partial charge is 0.416 e. The minimum Gasteiger partial charge on any atom is -0.321 e. The maximum Gasteiger partial charge on any atom is 0.416 e. The van der Waals surface area contributed by atoms with Crippen molar-refractivity contribution in [2.45, 2.75) is 19.6 Å². The minimum atomic E-state index is -4.51. The third kappa shape index (κ3) is 4.64. The molecule has 0 aliphatic carbocycles.